The molecule has 0 radical (unpaired) electrons. The third-order valence-electron chi connectivity index (χ3n) is 3.73. The number of fused-ring (bicyclic) bond motifs is 1. The lowest BCUT2D eigenvalue weighted by Crippen LogP contribution is -2.34. The van der Waals surface area contributed by atoms with Gasteiger partial charge in [0.05, 0.1) is 12.3 Å². The first-order valence-electron chi connectivity index (χ1n) is 7.12. The number of nitrogens with one attached hydrogen (secondary N) is 1. The zero-order chi connectivity index (χ0) is 13.9. The summed E-state index contributed by atoms with van der Waals surface area (Å²) in [7, 11) is 3.92. The first-order valence-corrected chi connectivity index (χ1v) is 7.12. The van der Waals surface area contributed by atoms with Crippen LogP contribution in [-0.2, 0) is 4.74 Å². The molecular formula is C14H21N5O. The Balaban J connectivity index is 1.85. The molecule has 1 unspecified atom stereocenters. The Labute approximate surface area is 118 Å². The van der Waals surface area contributed by atoms with Gasteiger partial charge in [0.2, 0.25) is 0 Å². The highest BCUT2D eigenvalue weighted by atomic mass is 16.5. The molecule has 1 fully saturated rings. The van der Waals surface area contributed by atoms with Crippen LogP contribution in [0.4, 0.5) is 11.6 Å². The van der Waals surface area contributed by atoms with Gasteiger partial charge in [0.1, 0.15) is 5.82 Å². The number of likely N-dealkylation sites (N-methyl/N-ethyl adjacent to an activating group) is 1. The largest absolute Gasteiger partial charge is 0.376 e. The minimum atomic E-state index is 0.295. The standard InChI is InChI=1S/C14H21N5O/c1-15-12-10-19-7-6-16-13(19)14(17-12)18(2)9-11-5-3-4-8-20-11/h6-7,10-11,15H,3-5,8-9H2,1-2H3. The van der Waals surface area contributed by atoms with Crippen LogP contribution in [0.5, 0.6) is 0 Å². The second-order valence-electron chi connectivity index (χ2n) is 5.23. The van der Waals surface area contributed by atoms with Gasteiger partial charge in [0.25, 0.3) is 0 Å². The Morgan fingerprint density at radius 2 is 2.40 bits per heavy atom. The summed E-state index contributed by atoms with van der Waals surface area (Å²) in [5.74, 6) is 1.72. The number of aromatic nitrogens is 3. The Morgan fingerprint density at radius 3 is 3.15 bits per heavy atom. The maximum Gasteiger partial charge on any atom is 0.180 e. The fourth-order valence-corrected chi connectivity index (χ4v) is 2.63. The van der Waals surface area contributed by atoms with E-state index in [0.717, 1.165) is 36.9 Å². The highest BCUT2D eigenvalue weighted by Gasteiger charge is 2.19. The van der Waals surface area contributed by atoms with Crippen LogP contribution in [0.3, 0.4) is 0 Å². The molecule has 0 saturated carbocycles. The van der Waals surface area contributed by atoms with Gasteiger partial charge in [0, 0.05) is 39.6 Å². The van der Waals surface area contributed by atoms with Crippen LogP contribution in [0, 0.1) is 0 Å². The molecule has 0 spiro atoms. The number of nitrogens with zero attached hydrogens (tertiary/aromatic N) is 4. The molecule has 3 heterocycles. The number of imidazole rings is 1. The normalized spacial score (nSPS) is 19.2. The van der Waals surface area contributed by atoms with Gasteiger partial charge in [-0.1, -0.05) is 0 Å². The lowest BCUT2D eigenvalue weighted by molar-refractivity contribution is 0.0215. The molecule has 3 rings (SSSR count). The SMILES string of the molecule is CNc1cn2ccnc2c(N(C)CC2CCCCO2)n1. The minimum Gasteiger partial charge on any atom is -0.376 e. The quantitative estimate of drug-likeness (QED) is 0.921. The van der Waals surface area contributed by atoms with E-state index in [2.05, 4.69) is 27.2 Å². The lowest BCUT2D eigenvalue weighted by Gasteiger charge is -2.28. The highest BCUT2D eigenvalue weighted by molar-refractivity contribution is 5.66. The van der Waals surface area contributed by atoms with Crippen molar-refractivity contribution in [2.24, 2.45) is 0 Å². The van der Waals surface area contributed by atoms with E-state index in [-0.39, 0.29) is 0 Å². The van der Waals surface area contributed by atoms with Crippen LogP contribution < -0.4 is 10.2 Å². The number of hydrogen-bond acceptors (Lipinski definition) is 5. The van der Waals surface area contributed by atoms with Crippen molar-refractivity contribution >= 4 is 17.3 Å². The molecule has 6 nitrogen and oxygen atoms in total. The van der Waals surface area contributed by atoms with Crippen molar-refractivity contribution in [1.29, 1.82) is 0 Å². The molecule has 0 amide bonds. The summed E-state index contributed by atoms with van der Waals surface area (Å²) >= 11 is 0. The topological polar surface area (TPSA) is 54.7 Å². The fraction of sp³-hybridized carbons (Fsp3) is 0.571. The number of hydrogen-bond donors (Lipinski definition) is 1. The number of rotatable bonds is 4. The smallest absolute Gasteiger partial charge is 0.180 e. The lowest BCUT2D eigenvalue weighted by atomic mass is 10.1. The Kier molecular flexibility index (Phi) is 3.73. The van der Waals surface area contributed by atoms with Crippen molar-refractivity contribution in [3.8, 4) is 0 Å². The van der Waals surface area contributed by atoms with E-state index in [1.807, 2.05) is 23.8 Å². The van der Waals surface area contributed by atoms with E-state index in [9.17, 15) is 0 Å². The maximum atomic E-state index is 5.81. The third kappa shape index (κ3) is 2.56. The second kappa shape index (κ2) is 5.66. The van der Waals surface area contributed by atoms with E-state index < -0.39 is 0 Å². The molecule has 1 aliphatic rings. The van der Waals surface area contributed by atoms with Gasteiger partial charge in [-0.05, 0) is 19.3 Å². The predicted octanol–water partition coefficient (Wildman–Crippen LogP) is 1.78. The summed E-state index contributed by atoms with van der Waals surface area (Å²) in [5.41, 5.74) is 0.877. The van der Waals surface area contributed by atoms with Crippen LogP contribution in [0.15, 0.2) is 18.6 Å². The number of anilines is 2. The predicted molar refractivity (Wildman–Crippen MR) is 79.4 cm³/mol. The van der Waals surface area contributed by atoms with E-state index in [1.165, 1.54) is 12.8 Å². The fourth-order valence-electron chi connectivity index (χ4n) is 2.63. The van der Waals surface area contributed by atoms with Gasteiger partial charge < -0.3 is 19.4 Å². The van der Waals surface area contributed by atoms with Gasteiger partial charge in [-0.2, -0.15) is 0 Å². The average Bonchev–Trinajstić information content (AvgIpc) is 2.95. The van der Waals surface area contributed by atoms with Crippen molar-refractivity contribution in [3.63, 3.8) is 0 Å². The summed E-state index contributed by atoms with van der Waals surface area (Å²) < 4.78 is 7.80. The summed E-state index contributed by atoms with van der Waals surface area (Å²) in [4.78, 5) is 11.2. The molecule has 20 heavy (non-hydrogen) atoms. The van der Waals surface area contributed by atoms with E-state index in [1.54, 1.807) is 6.20 Å². The van der Waals surface area contributed by atoms with Crippen LogP contribution in [0.25, 0.3) is 5.65 Å². The van der Waals surface area contributed by atoms with E-state index in [0.29, 0.717) is 6.10 Å². The van der Waals surface area contributed by atoms with Gasteiger partial charge in [-0.3, -0.25) is 0 Å². The molecule has 0 bridgehead atoms. The summed E-state index contributed by atoms with van der Waals surface area (Å²) in [5, 5.41) is 3.09. The monoisotopic (exact) mass is 275 g/mol. The third-order valence-corrected chi connectivity index (χ3v) is 3.73. The minimum absolute atomic E-state index is 0.295. The van der Waals surface area contributed by atoms with Crippen LogP contribution in [-0.4, -0.2) is 47.7 Å². The van der Waals surface area contributed by atoms with E-state index >= 15 is 0 Å². The van der Waals surface area contributed by atoms with Crippen LogP contribution in [0.2, 0.25) is 0 Å². The van der Waals surface area contributed by atoms with Crippen molar-refractivity contribution in [1.82, 2.24) is 14.4 Å². The highest BCUT2D eigenvalue weighted by Crippen LogP contribution is 2.21. The zero-order valence-corrected chi connectivity index (χ0v) is 12.0. The number of ether oxygens (including phenoxy) is 1. The van der Waals surface area contributed by atoms with E-state index in [4.69, 9.17) is 4.74 Å². The molecule has 0 aromatic carbocycles. The summed E-state index contributed by atoms with van der Waals surface area (Å²) in [6.07, 6.45) is 9.53. The van der Waals surface area contributed by atoms with Crippen LogP contribution in [0.1, 0.15) is 19.3 Å². The molecular weight excluding hydrogens is 254 g/mol. The Morgan fingerprint density at radius 1 is 1.50 bits per heavy atom. The molecule has 6 heteroatoms. The molecule has 2 aromatic heterocycles. The molecule has 1 atom stereocenters. The summed E-state index contributed by atoms with van der Waals surface area (Å²) in [6, 6.07) is 0. The van der Waals surface area contributed by atoms with Crippen molar-refractivity contribution in [2.45, 2.75) is 25.4 Å². The van der Waals surface area contributed by atoms with Gasteiger partial charge in [-0.25, -0.2) is 9.97 Å². The van der Waals surface area contributed by atoms with Gasteiger partial charge in [-0.15, -0.1) is 0 Å². The molecule has 2 aromatic rings. The van der Waals surface area contributed by atoms with Crippen molar-refractivity contribution in [3.05, 3.63) is 18.6 Å². The van der Waals surface area contributed by atoms with Crippen LogP contribution >= 0.6 is 0 Å². The molecule has 108 valence electrons. The Hall–Kier alpha value is -1.82. The van der Waals surface area contributed by atoms with Crippen molar-refractivity contribution in [2.75, 3.05) is 37.5 Å². The van der Waals surface area contributed by atoms with Crippen molar-refractivity contribution < 1.29 is 4.74 Å². The first kappa shape index (κ1) is 13.2. The zero-order valence-electron chi connectivity index (χ0n) is 12.0. The molecule has 0 aliphatic carbocycles. The Bertz CT molecular complexity index is 576. The summed E-state index contributed by atoms with van der Waals surface area (Å²) in [6.45, 7) is 1.73. The maximum absolute atomic E-state index is 5.81. The molecule has 1 aliphatic heterocycles. The van der Waals surface area contributed by atoms with Gasteiger partial charge in [0.15, 0.2) is 11.5 Å². The van der Waals surface area contributed by atoms with Gasteiger partial charge >= 0.3 is 0 Å². The first-order chi connectivity index (χ1) is 9.78. The molecule has 1 N–H and O–H groups in total. The average molecular weight is 275 g/mol. The second-order valence-corrected chi connectivity index (χ2v) is 5.23. The molecule has 1 saturated heterocycles.